The highest BCUT2D eigenvalue weighted by Gasteiger charge is 2.10. The zero-order chi connectivity index (χ0) is 13.7. The van der Waals surface area contributed by atoms with Gasteiger partial charge in [-0.25, -0.2) is 0 Å². The van der Waals surface area contributed by atoms with E-state index in [-0.39, 0.29) is 6.04 Å². The van der Waals surface area contributed by atoms with Crippen molar-refractivity contribution >= 4 is 50.6 Å². The summed E-state index contributed by atoms with van der Waals surface area (Å²) in [6, 6.07) is 12.5. The number of rotatable bonds is 6. The Morgan fingerprint density at radius 3 is 2.84 bits per heavy atom. The lowest BCUT2D eigenvalue weighted by Gasteiger charge is -2.14. The Kier molecular flexibility index (Phi) is 6.19. The van der Waals surface area contributed by atoms with Gasteiger partial charge in [-0.1, -0.05) is 33.6 Å². The van der Waals surface area contributed by atoms with E-state index in [0.29, 0.717) is 0 Å². The van der Waals surface area contributed by atoms with E-state index in [1.807, 2.05) is 18.2 Å². The number of hydrazine groups is 1. The summed E-state index contributed by atoms with van der Waals surface area (Å²) in [6.45, 7) is 0. The molecule has 1 aromatic carbocycles. The van der Waals surface area contributed by atoms with Crippen LogP contribution in [0.15, 0.2) is 45.8 Å². The lowest BCUT2D eigenvalue weighted by Crippen LogP contribution is -2.38. The van der Waals surface area contributed by atoms with E-state index < -0.39 is 0 Å². The van der Waals surface area contributed by atoms with Gasteiger partial charge in [0.25, 0.3) is 0 Å². The number of nitrogens with one attached hydrogen (secondary N) is 1. The highest BCUT2D eigenvalue weighted by atomic mass is 79.9. The number of hydrogen-bond donors (Lipinski definition) is 2. The van der Waals surface area contributed by atoms with E-state index in [4.69, 9.17) is 17.4 Å². The van der Waals surface area contributed by atoms with E-state index >= 15 is 0 Å². The quantitative estimate of drug-likeness (QED) is 0.447. The third-order valence-electron chi connectivity index (χ3n) is 2.56. The molecule has 0 aliphatic carbocycles. The molecule has 1 atom stereocenters. The van der Waals surface area contributed by atoms with Crippen LogP contribution in [-0.2, 0) is 6.42 Å². The Balaban J connectivity index is 1.89. The van der Waals surface area contributed by atoms with Gasteiger partial charge in [-0.3, -0.25) is 11.3 Å². The van der Waals surface area contributed by atoms with Gasteiger partial charge in [-0.15, -0.1) is 23.1 Å². The molecule has 1 unspecified atom stereocenters. The van der Waals surface area contributed by atoms with Crippen molar-refractivity contribution in [2.45, 2.75) is 17.4 Å². The van der Waals surface area contributed by atoms with Crippen LogP contribution in [0.25, 0.3) is 0 Å². The molecule has 0 saturated carbocycles. The van der Waals surface area contributed by atoms with Gasteiger partial charge in [0.15, 0.2) is 0 Å². The lowest BCUT2D eigenvalue weighted by atomic mass is 10.2. The van der Waals surface area contributed by atoms with Crippen molar-refractivity contribution in [1.82, 2.24) is 5.43 Å². The van der Waals surface area contributed by atoms with Crippen LogP contribution in [0.4, 0.5) is 0 Å². The number of hydrogen-bond acceptors (Lipinski definition) is 4. The van der Waals surface area contributed by atoms with Crippen molar-refractivity contribution in [3.05, 3.63) is 50.1 Å². The summed E-state index contributed by atoms with van der Waals surface area (Å²) in [5.41, 5.74) is 2.88. The van der Waals surface area contributed by atoms with Crippen LogP contribution >= 0.6 is 50.6 Å². The molecule has 1 heterocycles. The number of nitrogens with two attached hydrogens (primary N) is 1. The Bertz CT molecular complexity index is 533. The lowest BCUT2D eigenvalue weighted by molar-refractivity contribution is 0.579. The second kappa shape index (κ2) is 7.67. The average molecular weight is 378 g/mol. The van der Waals surface area contributed by atoms with Gasteiger partial charge in [0.2, 0.25) is 0 Å². The molecule has 2 nitrogen and oxygen atoms in total. The summed E-state index contributed by atoms with van der Waals surface area (Å²) in [4.78, 5) is 2.49. The van der Waals surface area contributed by atoms with Crippen molar-refractivity contribution in [3.63, 3.8) is 0 Å². The molecule has 0 radical (unpaired) electrons. The summed E-state index contributed by atoms with van der Waals surface area (Å²) >= 11 is 12.8. The number of benzene rings is 1. The van der Waals surface area contributed by atoms with E-state index in [1.54, 1.807) is 23.1 Å². The molecule has 0 fully saturated rings. The number of halogens is 2. The molecule has 6 heteroatoms. The van der Waals surface area contributed by atoms with Crippen molar-refractivity contribution in [2.75, 3.05) is 5.75 Å². The van der Waals surface area contributed by atoms with Crippen LogP contribution in [0, 0.1) is 0 Å². The molecule has 2 aromatic rings. The molecule has 0 amide bonds. The van der Waals surface area contributed by atoms with Gasteiger partial charge in [-0.05, 0) is 36.8 Å². The molecule has 0 saturated heterocycles. The molecular formula is C13H14BrClN2S2. The molecule has 0 aliphatic heterocycles. The Hall–Kier alpha value is -0.0400. The van der Waals surface area contributed by atoms with Gasteiger partial charge in [0.05, 0.1) is 4.34 Å². The van der Waals surface area contributed by atoms with Crippen LogP contribution in [0.3, 0.4) is 0 Å². The van der Waals surface area contributed by atoms with Gasteiger partial charge in [-0.2, -0.15) is 0 Å². The zero-order valence-electron chi connectivity index (χ0n) is 10.1. The predicted octanol–water partition coefficient (Wildman–Crippen LogP) is 4.33. The second-order valence-corrected chi connectivity index (χ2v) is 7.85. The number of thioether (sulfide) groups is 1. The minimum Gasteiger partial charge on any atom is -0.271 e. The Labute approximate surface area is 134 Å². The first kappa shape index (κ1) is 15.4. The molecule has 2 rings (SSSR count). The highest BCUT2D eigenvalue weighted by Crippen LogP contribution is 2.25. The van der Waals surface area contributed by atoms with Gasteiger partial charge < -0.3 is 0 Å². The third kappa shape index (κ3) is 5.10. The predicted molar refractivity (Wildman–Crippen MR) is 89.0 cm³/mol. The molecule has 0 aliphatic rings. The molecule has 3 N–H and O–H groups in total. The first-order valence-electron chi connectivity index (χ1n) is 5.76. The Morgan fingerprint density at radius 2 is 2.21 bits per heavy atom. The first-order valence-corrected chi connectivity index (χ1v) is 8.73. The fourth-order valence-electron chi connectivity index (χ4n) is 1.62. The SMILES string of the molecule is NNC(CSc1cccc(Br)c1)Cc1ccc(Cl)s1. The van der Waals surface area contributed by atoms with Crippen molar-refractivity contribution in [2.24, 2.45) is 5.84 Å². The minimum absolute atomic E-state index is 0.235. The molecule has 1 aromatic heterocycles. The molecule has 102 valence electrons. The molecule has 0 bridgehead atoms. The van der Waals surface area contributed by atoms with Crippen molar-refractivity contribution < 1.29 is 0 Å². The summed E-state index contributed by atoms with van der Waals surface area (Å²) in [7, 11) is 0. The fourth-order valence-corrected chi connectivity index (χ4v) is 4.33. The normalized spacial score (nSPS) is 12.6. The van der Waals surface area contributed by atoms with Gasteiger partial charge in [0, 0.05) is 26.0 Å². The Morgan fingerprint density at radius 1 is 1.37 bits per heavy atom. The zero-order valence-corrected chi connectivity index (χ0v) is 14.1. The van der Waals surface area contributed by atoms with Crippen LogP contribution in [0.1, 0.15) is 4.88 Å². The summed E-state index contributed by atoms with van der Waals surface area (Å²) in [5, 5.41) is 0. The van der Waals surface area contributed by atoms with Gasteiger partial charge in [0.1, 0.15) is 0 Å². The van der Waals surface area contributed by atoms with Crippen LogP contribution in [-0.4, -0.2) is 11.8 Å². The topological polar surface area (TPSA) is 38.0 Å². The van der Waals surface area contributed by atoms with E-state index in [2.05, 4.69) is 39.6 Å². The van der Waals surface area contributed by atoms with Crippen LogP contribution in [0.2, 0.25) is 4.34 Å². The van der Waals surface area contributed by atoms with E-state index in [9.17, 15) is 0 Å². The van der Waals surface area contributed by atoms with Crippen molar-refractivity contribution in [1.29, 1.82) is 0 Å². The largest absolute Gasteiger partial charge is 0.271 e. The summed E-state index contributed by atoms with van der Waals surface area (Å²) < 4.78 is 1.92. The van der Waals surface area contributed by atoms with Crippen LogP contribution < -0.4 is 11.3 Å². The maximum atomic E-state index is 5.93. The summed E-state index contributed by atoms with van der Waals surface area (Å²) in [6.07, 6.45) is 0.898. The molecule has 19 heavy (non-hydrogen) atoms. The van der Waals surface area contributed by atoms with Crippen molar-refractivity contribution in [3.8, 4) is 0 Å². The average Bonchev–Trinajstić information content (AvgIpc) is 2.80. The first-order chi connectivity index (χ1) is 9.17. The van der Waals surface area contributed by atoms with E-state index in [1.165, 1.54) is 9.77 Å². The number of thiophene rings is 1. The monoisotopic (exact) mass is 376 g/mol. The van der Waals surface area contributed by atoms with Gasteiger partial charge >= 0.3 is 0 Å². The summed E-state index contributed by atoms with van der Waals surface area (Å²) in [5.74, 6) is 6.54. The molecular weight excluding hydrogens is 364 g/mol. The second-order valence-electron chi connectivity index (χ2n) is 4.04. The highest BCUT2D eigenvalue weighted by molar-refractivity contribution is 9.10. The maximum Gasteiger partial charge on any atom is 0.0931 e. The minimum atomic E-state index is 0.235. The third-order valence-corrected chi connectivity index (χ3v) is 5.46. The van der Waals surface area contributed by atoms with E-state index in [0.717, 1.165) is 21.0 Å². The smallest absolute Gasteiger partial charge is 0.0931 e. The maximum absolute atomic E-state index is 5.93. The van der Waals surface area contributed by atoms with Crippen LogP contribution in [0.5, 0.6) is 0 Å². The fraction of sp³-hybridized carbons (Fsp3) is 0.231. The standard InChI is InChI=1S/C13H14BrClN2S2/c14-9-2-1-3-11(6-9)18-8-10(17-16)7-12-4-5-13(15)19-12/h1-6,10,17H,7-8,16H2. The molecule has 0 spiro atoms.